The van der Waals surface area contributed by atoms with Gasteiger partial charge in [0.25, 0.3) is 5.91 Å². The van der Waals surface area contributed by atoms with Gasteiger partial charge in [-0.2, -0.15) is 0 Å². The molecule has 0 bridgehead atoms. The maximum Gasteiger partial charge on any atom is 0.260 e. The van der Waals surface area contributed by atoms with Crippen molar-refractivity contribution >= 4 is 35.3 Å². The number of benzene rings is 1. The van der Waals surface area contributed by atoms with E-state index < -0.39 is 0 Å². The predicted octanol–water partition coefficient (Wildman–Crippen LogP) is 3.65. The van der Waals surface area contributed by atoms with E-state index in [0.717, 1.165) is 12.8 Å². The number of halogens is 2. The van der Waals surface area contributed by atoms with Gasteiger partial charge >= 0.3 is 0 Å². The van der Waals surface area contributed by atoms with Gasteiger partial charge in [-0.05, 0) is 25.0 Å². The number of rotatable bonds is 7. The largest absolute Gasteiger partial charge is 0.386 e. The Bertz CT molecular complexity index is 474. The van der Waals surface area contributed by atoms with Crippen LogP contribution in [0.5, 0.6) is 0 Å². The van der Waals surface area contributed by atoms with Crippen molar-refractivity contribution in [3.05, 3.63) is 33.8 Å². The molecule has 0 aliphatic carbocycles. The van der Waals surface area contributed by atoms with Crippen molar-refractivity contribution in [3.63, 3.8) is 0 Å². The third kappa shape index (κ3) is 5.80. The fourth-order valence-corrected chi connectivity index (χ4v) is 2.02. The van der Waals surface area contributed by atoms with Crippen LogP contribution in [0.3, 0.4) is 0 Å². The van der Waals surface area contributed by atoms with Crippen molar-refractivity contribution in [2.45, 2.75) is 32.7 Å². The summed E-state index contributed by atoms with van der Waals surface area (Å²) in [6.07, 6.45) is 3.24. The van der Waals surface area contributed by atoms with E-state index in [1.807, 2.05) is 13.8 Å². The molecule has 4 nitrogen and oxygen atoms in total. The summed E-state index contributed by atoms with van der Waals surface area (Å²) >= 11 is 11.7. The highest BCUT2D eigenvalue weighted by atomic mass is 35.5. The number of nitrogens with one attached hydrogen (secondary N) is 1. The Hall–Kier alpha value is -1.26. The number of hydrogen-bond acceptors (Lipinski definition) is 3. The second-order valence-electron chi connectivity index (χ2n) is 4.25. The molecule has 0 atom stereocenters. The van der Waals surface area contributed by atoms with Gasteiger partial charge in [-0.1, -0.05) is 48.3 Å². The van der Waals surface area contributed by atoms with Crippen LogP contribution in [-0.4, -0.2) is 24.8 Å². The lowest BCUT2D eigenvalue weighted by Crippen LogP contribution is -2.36. The molecular weight excluding hydrogens is 299 g/mol. The quantitative estimate of drug-likeness (QED) is 0.616. The molecule has 20 heavy (non-hydrogen) atoms. The zero-order chi connectivity index (χ0) is 15.0. The van der Waals surface area contributed by atoms with Crippen molar-refractivity contribution in [2.75, 3.05) is 6.61 Å². The van der Waals surface area contributed by atoms with Crippen LogP contribution >= 0.6 is 23.2 Å². The minimum absolute atomic E-state index is 0.113. The smallest absolute Gasteiger partial charge is 0.260 e. The van der Waals surface area contributed by atoms with Crippen LogP contribution < -0.4 is 5.32 Å². The minimum Gasteiger partial charge on any atom is -0.386 e. The number of carbonyl (C=O) groups is 1. The number of amides is 1. The molecule has 1 N–H and O–H groups in total. The van der Waals surface area contributed by atoms with Gasteiger partial charge in [0.1, 0.15) is 0 Å². The Labute approximate surface area is 129 Å². The average Bonchev–Trinajstić information content (AvgIpc) is 2.42. The first-order valence-electron chi connectivity index (χ1n) is 6.46. The van der Waals surface area contributed by atoms with Crippen molar-refractivity contribution in [2.24, 2.45) is 5.16 Å². The van der Waals surface area contributed by atoms with Gasteiger partial charge in [0.2, 0.25) is 0 Å². The highest BCUT2D eigenvalue weighted by molar-refractivity contribution is 6.36. The first-order valence-corrected chi connectivity index (χ1v) is 7.22. The zero-order valence-electron chi connectivity index (χ0n) is 11.5. The van der Waals surface area contributed by atoms with Crippen LogP contribution in [0, 0.1) is 0 Å². The van der Waals surface area contributed by atoms with E-state index in [0.29, 0.717) is 15.6 Å². The van der Waals surface area contributed by atoms with Crippen LogP contribution in [0.15, 0.2) is 23.4 Å². The van der Waals surface area contributed by atoms with Crippen LogP contribution in [0.4, 0.5) is 0 Å². The lowest BCUT2D eigenvalue weighted by atomic mass is 10.2. The Kier molecular flexibility index (Phi) is 7.41. The molecule has 110 valence electrons. The summed E-state index contributed by atoms with van der Waals surface area (Å²) in [5, 5.41) is 7.60. The number of oxime groups is 1. The molecule has 1 rings (SSSR count). The maximum absolute atomic E-state index is 11.5. The molecule has 6 heteroatoms. The monoisotopic (exact) mass is 316 g/mol. The van der Waals surface area contributed by atoms with E-state index >= 15 is 0 Å². The van der Waals surface area contributed by atoms with E-state index in [4.69, 9.17) is 28.0 Å². The molecule has 0 saturated heterocycles. The Morgan fingerprint density at radius 1 is 1.40 bits per heavy atom. The molecule has 0 radical (unpaired) electrons. The molecule has 1 aromatic rings. The first kappa shape index (κ1) is 16.8. The zero-order valence-corrected chi connectivity index (χ0v) is 13.0. The molecule has 0 aliphatic heterocycles. The van der Waals surface area contributed by atoms with Gasteiger partial charge in [0.15, 0.2) is 6.61 Å². The normalized spacial score (nSPS) is 11.1. The number of hydrogen-bond donors (Lipinski definition) is 1. The summed E-state index contributed by atoms with van der Waals surface area (Å²) in [5.41, 5.74) is 0.677. The van der Waals surface area contributed by atoms with Crippen LogP contribution in [-0.2, 0) is 9.63 Å². The van der Waals surface area contributed by atoms with Crippen molar-refractivity contribution in [1.29, 1.82) is 0 Å². The fraction of sp³-hybridized carbons (Fsp3) is 0.429. The Morgan fingerprint density at radius 2 is 2.10 bits per heavy atom. The van der Waals surface area contributed by atoms with Crippen LogP contribution in [0.2, 0.25) is 10.0 Å². The van der Waals surface area contributed by atoms with Crippen LogP contribution in [0.1, 0.15) is 32.3 Å². The lowest BCUT2D eigenvalue weighted by Gasteiger charge is -2.13. The lowest BCUT2D eigenvalue weighted by molar-refractivity contribution is -0.126. The van der Waals surface area contributed by atoms with E-state index in [1.165, 1.54) is 6.21 Å². The van der Waals surface area contributed by atoms with Gasteiger partial charge in [-0.15, -0.1) is 0 Å². The van der Waals surface area contributed by atoms with Crippen molar-refractivity contribution in [3.8, 4) is 0 Å². The molecule has 0 heterocycles. The molecule has 0 unspecified atom stereocenters. The van der Waals surface area contributed by atoms with E-state index in [-0.39, 0.29) is 18.6 Å². The summed E-state index contributed by atoms with van der Waals surface area (Å²) in [5.74, 6) is -0.182. The van der Waals surface area contributed by atoms with E-state index in [1.54, 1.807) is 18.2 Å². The second kappa shape index (κ2) is 8.82. The molecule has 0 saturated carbocycles. The molecular formula is C14H18Cl2N2O2. The van der Waals surface area contributed by atoms with Gasteiger partial charge in [0, 0.05) is 16.6 Å². The highest BCUT2D eigenvalue weighted by Crippen LogP contribution is 2.19. The van der Waals surface area contributed by atoms with Crippen molar-refractivity contribution in [1.82, 2.24) is 5.32 Å². The number of nitrogens with zero attached hydrogens (tertiary/aromatic N) is 1. The standard InChI is InChI=1S/C14H18Cl2N2O2/c1-3-12(4-2)18-14(19)9-20-17-8-10-5-6-11(15)7-13(10)16/h5-8,12H,3-4,9H2,1-2H3,(H,18,19)/b17-8+. The SMILES string of the molecule is CCC(CC)NC(=O)CO/N=C/c1ccc(Cl)cc1Cl. The summed E-state index contributed by atoms with van der Waals surface area (Å²) in [6.45, 7) is 3.93. The third-order valence-corrected chi connectivity index (χ3v) is 3.34. The molecule has 0 aliphatic rings. The predicted molar refractivity (Wildman–Crippen MR) is 82.5 cm³/mol. The van der Waals surface area contributed by atoms with Crippen LogP contribution in [0.25, 0.3) is 0 Å². The number of carbonyl (C=O) groups excluding carboxylic acids is 1. The Balaban J connectivity index is 2.40. The fourth-order valence-electron chi connectivity index (χ4n) is 1.56. The van der Waals surface area contributed by atoms with Crippen molar-refractivity contribution < 1.29 is 9.63 Å². The second-order valence-corrected chi connectivity index (χ2v) is 5.10. The molecule has 0 fully saturated rings. The van der Waals surface area contributed by atoms with E-state index in [2.05, 4.69) is 10.5 Å². The highest BCUT2D eigenvalue weighted by Gasteiger charge is 2.08. The van der Waals surface area contributed by atoms with Gasteiger partial charge in [-0.25, -0.2) is 0 Å². The molecule has 1 amide bonds. The van der Waals surface area contributed by atoms with Gasteiger partial charge in [0.05, 0.1) is 11.2 Å². The van der Waals surface area contributed by atoms with Gasteiger partial charge in [-0.3, -0.25) is 4.79 Å². The molecule has 0 spiro atoms. The minimum atomic E-state index is -0.182. The average molecular weight is 317 g/mol. The Morgan fingerprint density at radius 3 is 2.70 bits per heavy atom. The first-order chi connectivity index (χ1) is 9.56. The van der Waals surface area contributed by atoms with Gasteiger partial charge < -0.3 is 10.2 Å². The molecule has 0 aromatic heterocycles. The molecule has 1 aromatic carbocycles. The topological polar surface area (TPSA) is 50.7 Å². The summed E-state index contributed by atoms with van der Waals surface area (Å²) in [6, 6.07) is 5.22. The van der Waals surface area contributed by atoms with E-state index in [9.17, 15) is 4.79 Å². The maximum atomic E-state index is 11.5. The summed E-state index contributed by atoms with van der Waals surface area (Å²) in [7, 11) is 0. The summed E-state index contributed by atoms with van der Waals surface area (Å²) in [4.78, 5) is 16.5. The third-order valence-electron chi connectivity index (χ3n) is 2.78. The summed E-state index contributed by atoms with van der Waals surface area (Å²) < 4.78 is 0.